The van der Waals surface area contributed by atoms with Crippen LogP contribution >= 0.6 is 0 Å². The maximum absolute atomic E-state index is 4.22. The lowest BCUT2D eigenvalue weighted by Crippen LogP contribution is -1.95. The van der Waals surface area contributed by atoms with Crippen LogP contribution in [0.4, 0.5) is 0 Å². The molecule has 0 aliphatic rings. The van der Waals surface area contributed by atoms with Crippen LogP contribution in [0, 0.1) is 35.5 Å². The van der Waals surface area contributed by atoms with Crippen LogP contribution in [0.1, 0.15) is 168 Å². The Morgan fingerprint density at radius 3 is 1.32 bits per heavy atom. The van der Waals surface area contributed by atoms with E-state index in [1.165, 1.54) is 40.1 Å². The van der Waals surface area contributed by atoms with Gasteiger partial charge in [-0.15, -0.1) is 0 Å². The fourth-order valence-electron chi connectivity index (χ4n) is 7.19. The molecule has 0 bridgehead atoms. The third kappa shape index (κ3) is 39.0. The van der Waals surface area contributed by atoms with Gasteiger partial charge in [-0.1, -0.05) is 184 Å². The number of imidazole rings is 1. The highest BCUT2D eigenvalue weighted by Crippen LogP contribution is 2.12. The molecule has 0 unspecified atom stereocenters. The molecule has 0 amide bonds. The van der Waals surface area contributed by atoms with E-state index in [9.17, 15) is 0 Å². The molecule has 2 N–H and O–H groups in total. The summed E-state index contributed by atoms with van der Waals surface area (Å²) < 4.78 is 0. The van der Waals surface area contributed by atoms with E-state index in [2.05, 4.69) is 236 Å². The Balaban J connectivity index is 0.000000434. The molecule has 0 fully saturated rings. The summed E-state index contributed by atoms with van der Waals surface area (Å²) in [5.74, 6) is 6.61. The lowest BCUT2D eigenvalue weighted by molar-refractivity contribution is 0.626. The summed E-state index contributed by atoms with van der Waals surface area (Å²) >= 11 is 0. The molecule has 8 rings (SSSR count). The average molecular weight is 1030 g/mol. The molecule has 8 heteroatoms. The number of aromatic nitrogens is 8. The smallest absolute Gasteiger partial charge is 0.106 e. The Morgan fingerprint density at radius 2 is 0.895 bits per heavy atom. The minimum atomic E-state index is 0.485. The number of hydrogen-bond acceptors (Lipinski definition) is 6. The molecule has 8 nitrogen and oxygen atoms in total. The van der Waals surface area contributed by atoms with E-state index in [-0.39, 0.29) is 0 Å². The molecule has 0 saturated carbocycles. The van der Waals surface area contributed by atoms with Gasteiger partial charge in [-0.2, -0.15) is 10.2 Å². The summed E-state index contributed by atoms with van der Waals surface area (Å²) in [6, 6.07) is 43.5. The van der Waals surface area contributed by atoms with Gasteiger partial charge in [0.05, 0.1) is 5.69 Å². The molecule has 0 spiro atoms. The first-order valence-electron chi connectivity index (χ1n) is 28.0. The van der Waals surface area contributed by atoms with Crippen LogP contribution in [0.2, 0.25) is 0 Å². The largest absolute Gasteiger partial charge is 0.365 e. The summed E-state index contributed by atoms with van der Waals surface area (Å²) in [5.41, 5.74) is 9.15. The second-order valence-corrected chi connectivity index (χ2v) is 22.2. The topological polar surface area (TPSA) is 109 Å². The molecule has 0 radical (unpaired) electrons. The predicted molar refractivity (Wildman–Crippen MR) is 326 cm³/mol. The summed E-state index contributed by atoms with van der Waals surface area (Å²) in [6.45, 7) is 35.2. The summed E-state index contributed by atoms with van der Waals surface area (Å²) in [5, 5.41) is 7.68. The Kier molecular flexibility index (Phi) is 37.9. The molecular weight excluding hydrogens is 929 g/mol. The highest BCUT2D eigenvalue weighted by molar-refractivity contribution is 5.18. The van der Waals surface area contributed by atoms with E-state index in [4.69, 9.17) is 0 Å². The number of aromatic amines is 2. The van der Waals surface area contributed by atoms with Crippen molar-refractivity contribution in [3.8, 4) is 0 Å². The molecule has 6 aromatic heterocycles. The van der Waals surface area contributed by atoms with Crippen molar-refractivity contribution in [2.45, 2.75) is 161 Å². The molecule has 0 aliphatic heterocycles. The highest BCUT2D eigenvalue weighted by Gasteiger charge is 2.00. The predicted octanol–water partition coefficient (Wildman–Crippen LogP) is 18.0. The van der Waals surface area contributed by atoms with Crippen molar-refractivity contribution < 1.29 is 0 Å². The van der Waals surface area contributed by atoms with Crippen molar-refractivity contribution in [1.82, 2.24) is 40.1 Å². The fraction of sp³-hybridized carbons (Fsp3) is 0.441. The number of H-pyrrole nitrogens is 2. The van der Waals surface area contributed by atoms with E-state index in [0.29, 0.717) is 23.7 Å². The number of nitrogens with one attached hydrogen (secondary N) is 2. The van der Waals surface area contributed by atoms with E-state index in [1.807, 2.05) is 85.8 Å². The number of rotatable bonds is 14. The van der Waals surface area contributed by atoms with Gasteiger partial charge in [0.1, 0.15) is 5.82 Å². The van der Waals surface area contributed by atoms with Crippen molar-refractivity contribution in [2.24, 2.45) is 35.5 Å². The van der Waals surface area contributed by atoms with Gasteiger partial charge in [-0.05, 0) is 156 Å². The van der Waals surface area contributed by atoms with Gasteiger partial charge in [0.15, 0.2) is 0 Å². The second kappa shape index (κ2) is 42.7. The first-order valence-corrected chi connectivity index (χ1v) is 28.0. The Labute approximate surface area is 463 Å². The summed E-state index contributed by atoms with van der Waals surface area (Å²) in [6.07, 6.45) is 23.4. The Morgan fingerprint density at radius 1 is 0.355 bits per heavy atom. The van der Waals surface area contributed by atoms with Crippen molar-refractivity contribution in [3.63, 3.8) is 0 Å². The highest BCUT2D eigenvalue weighted by atomic mass is 15.1. The van der Waals surface area contributed by atoms with Gasteiger partial charge in [0.2, 0.25) is 0 Å². The van der Waals surface area contributed by atoms with E-state index < -0.39 is 0 Å². The lowest BCUT2D eigenvalue weighted by atomic mass is 10.0. The summed E-state index contributed by atoms with van der Waals surface area (Å²) in [4.78, 5) is 22.5. The van der Waals surface area contributed by atoms with Crippen LogP contribution in [-0.2, 0) is 38.5 Å². The van der Waals surface area contributed by atoms with Gasteiger partial charge in [0, 0.05) is 73.6 Å². The van der Waals surface area contributed by atoms with Crippen molar-refractivity contribution in [1.29, 1.82) is 0 Å². The van der Waals surface area contributed by atoms with Gasteiger partial charge in [-0.3, -0.25) is 15.0 Å². The van der Waals surface area contributed by atoms with Gasteiger partial charge >= 0.3 is 0 Å². The molecular formula is C68H100N8. The first kappa shape index (κ1) is 67.5. The average Bonchev–Trinajstić information content (AvgIpc) is 4.11. The summed E-state index contributed by atoms with van der Waals surface area (Å²) in [7, 11) is 0. The van der Waals surface area contributed by atoms with Crippen LogP contribution in [0.25, 0.3) is 0 Å². The number of nitrogens with zero attached hydrogens (tertiary/aromatic N) is 6. The fourth-order valence-corrected chi connectivity index (χ4v) is 7.19. The molecule has 6 heterocycles. The zero-order valence-corrected chi connectivity index (χ0v) is 49.9. The SMILES string of the molecule is CC(C)Cc1ccc[nH]1.CC(C)Cc1ccccc1.CC(C)Cc1ccccn1.CC(C)Cc1cccnc1.CC(C)Cc1ccncc1.CC(C)Cc1ncc[nH]1.CC(C)c1ccccc1.CC(C)c1cccnn1. The molecule has 0 saturated heterocycles. The van der Waals surface area contributed by atoms with Crippen LogP contribution < -0.4 is 0 Å². The third-order valence-electron chi connectivity index (χ3n) is 10.7. The number of pyridine rings is 3. The second-order valence-electron chi connectivity index (χ2n) is 22.2. The van der Waals surface area contributed by atoms with Gasteiger partial charge in [0.25, 0.3) is 0 Å². The van der Waals surface area contributed by atoms with E-state index in [0.717, 1.165) is 67.3 Å². The molecule has 0 aliphatic carbocycles. The molecule has 412 valence electrons. The maximum Gasteiger partial charge on any atom is 0.106 e. The Hall–Kier alpha value is -6.54. The quantitative estimate of drug-likeness (QED) is 0.112. The minimum absolute atomic E-state index is 0.485. The number of benzene rings is 2. The van der Waals surface area contributed by atoms with Crippen LogP contribution in [-0.4, -0.2) is 40.1 Å². The van der Waals surface area contributed by atoms with Gasteiger partial charge < -0.3 is 9.97 Å². The molecule has 76 heavy (non-hydrogen) atoms. The molecule has 0 atom stereocenters. The monoisotopic (exact) mass is 1030 g/mol. The normalized spacial score (nSPS) is 10.3. The van der Waals surface area contributed by atoms with Crippen LogP contribution in [0.3, 0.4) is 0 Å². The zero-order chi connectivity index (χ0) is 56.4. The van der Waals surface area contributed by atoms with E-state index >= 15 is 0 Å². The van der Waals surface area contributed by atoms with Crippen LogP contribution in [0.15, 0.2) is 183 Å². The maximum atomic E-state index is 4.22. The minimum Gasteiger partial charge on any atom is -0.365 e. The zero-order valence-electron chi connectivity index (χ0n) is 49.9. The van der Waals surface area contributed by atoms with Crippen molar-refractivity contribution in [3.05, 3.63) is 228 Å². The number of hydrogen-bond donors (Lipinski definition) is 2. The standard InChI is InChI=1S/C10H14.3C9H13N.C9H12.C8H13N.C7H12N2.C7H10N2/c1-9(2)8-10-6-4-3-5-7-10;1-8(2)7-9-3-5-10-6-4-9;1-8(2)6-9-4-3-5-10-7-9;1-8(2)7-9-5-3-4-6-10-9;1-8(2)9-6-4-3-5-7-9;1-7(2)6-8-4-3-5-9-8;1-6(2)5-7-8-3-4-9-7;1-6(2)7-4-3-5-8-9-7/h3-7,9H,8H2,1-2H3;3-6,8H,7H2,1-2H3;3-5,7-8H,6H2,1-2H3;3-6,8H,7H2,1-2H3;3-8H,1-2H3;3-5,7,9H,6H2,1-2H3;3-4,6H,5H2,1-2H3,(H,8,9);3-6H,1-2H3. The van der Waals surface area contributed by atoms with E-state index in [1.54, 1.807) is 12.4 Å². The lowest BCUT2D eigenvalue weighted by Gasteiger charge is -2.02. The van der Waals surface area contributed by atoms with Gasteiger partial charge in [-0.25, -0.2) is 4.98 Å². The first-order chi connectivity index (χ1) is 36.3. The van der Waals surface area contributed by atoms with Crippen molar-refractivity contribution in [2.75, 3.05) is 0 Å². The molecule has 8 aromatic rings. The third-order valence-corrected chi connectivity index (χ3v) is 10.7. The van der Waals surface area contributed by atoms with Crippen LogP contribution in [0.5, 0.6) is 0 Å². The van der Waals surface area contributed by atoms with Crippen molar-refractivity contribution >= 4 is 0 Å². The Bertz CT molecular complexity index is 2140. The molecule has 2 aromatic carbocycles.